The fraction of sp³-hybridized carbons (Fsp3) is 0.647. The lowest BCUT2D eigenvalue weighted by Crippen LogP contribution is -2.29. The summed E-state index contributed by atoms with van der Waals surface area (Å²) in [6.45, 7) is 4.41. The Morgan fingerprint density at radius 1 is 1.26 bits per heavy atom. The summed E-state index contributed by atoms with van der Waals surface area (Å²) < 4.78 is 0. The minimum Gasteiger partial charge on any atom is -0.313 e. The first-order valence-electron chi connectivity index (χ1n) is 7.59. The van der Waals surface area contributed by atoms with Crippen LogP contribution in [0.3, 0.4) is 0 Å². The van der Waals surface area contributed by atoms with Crippen molar-refractivity contribution in [2.75, 3.05) is 7.05 Å². The lowest BCUT2D eigenvalue weighted by molar-refractivity contribution is 0.224. The van der Waals surface area contributed by atoms with Crippen molar-refractivity contribution in [2.45, 2.75) is 52.0 Å². The number of rotatable bonds is 4. The quantitative estimate of drug-likeness (QED) is 0.806. The molecule has 1 aliphatic rings. The maximum Gasteiger partial charge on any atom is 0.0483 e. The molecule has 1 aromatic carbocycles. The van der Waals surface area contributed by atoms with E-state index in [1.807, 2.05) is 0 Å². The summed E-state index contributed by atoms with van der Waals surface area (Å²) in [4.78, 5) is 0. The molecular formula is C17H26ClN. The van der Waals surface area contributed by atoms with Crippen LogP contribution in [0.5, 0.6) is 0 Å². The number of nitrogens with one attached hydrogen (secondary N) is 1. The molecule has 1 aromatic rings. The Morgan fingerprint density at radius 2 is 1.95 bits per heavy atom. The Labute approximate surface area is 122 Å². The zero-order valence-electron chi connectivity index (χ0n) is 12.4. The van der Waals surface area contributed by atoms with Crippen molar-refractivity contribution in [1.82, 2.24) is 5.32 Å². The van der Waals surface area contributed by atoms with Gasteiger partial charge in [-0.05, 0) is 49.8 Å². The first-order valence-corrected chi connectivity index (χ1v) is 7.97. The molecule has 1 unspecified atom stereocenters. The Balaban J connectivity index is 2.14. The Hall–Kier alpha value is -0.530. The molecule has 1 saturated carbocycles. The van der Waals surface area contributed by atoms with Crippen LogP contribution < -0.4 is 5.32 Å². The Morgan fingerprint density at radius 3 is 2.53 bits per heavy atom. The third-order valence-electron chi connectivity index (χ3n) is 4.81. The minimum absolute atomic E-state index is 0.408. The molecule has 0 amide bonds. The van der Waals surface area contributed by atoms with Gasteiger partial charge in [0.2, 0.25) is 0 Å². The van der Waals surface area contributed by atoms with Gasteiger partial charge in [0.15, 0.2) is 0 Å². The summed E-state index contributed by atoms with van der Waals surface area (Å²) >= 11 is 6.50. The third-order valence-corrected chi connectivity index (χ3v) is 5.32. The number of benzene rings is 1. The van der Waals surface area contributed by atoms with Gasteiger partial charge in [-0.15, -0.1) is 0 Å². The molecule has 1 aliphatic carbocycles. The summed E-state index contributed by atoms with van der Waals surface area (Å²) in [5.74, 6) is 1.67. The molecule has 0 saturated heterocycles. The van der Waals surface area contributed by atoms with E-state index in [0.717, 1.165) is 16.9 Å². The van der Waals surface area contributed by atoms with Crippen molar-refractivity contribution in [3.8, 4) is 0 Å². The van der Waals surface area contributed by atoms with Crippen LogP contribution in [0.15, 0.2) is 18.2 Å². The number of hydrogen-bond acceptors (Lipinski definition) is 1. The van der Waals surface area contributed by atoms with Crippen molar-refractivity contribution in [1.29, 1.82) is 0 Å². The second-order valence-corrected chi connectivity index (χ2v) is 6.31. The normalized spacial score (nSPS) is 25.3. The lowest BCUT2D eigenvalue weighted by Gasteiger charge is -2.34. The number of halogens is 1. The number of hydrogen-bond donors (Lipinski definition) is 1. The summed E-state index contributed by atoms with van der Waals surface area (Å²) in [6.07, 6.45) is 6.75. The molecule has 1 atom stereocenters. The molecule has 0 heterocycles. The van der Waals surface area contributed by atoms with Crippen LogP contribution in [-0.2, 0) is 0 Å². The fourth-order valence-electron chi connectivity index (χ4n) is 3.49. The molecule has 2 rings (SSSR count). The largest absolute Gasteiger partial charge is 0.313 e. The van der Waals surface area contributed by atoms with Crippen LogP contribution in [0.1, 0.15) is 56.2 Å². The fourth-order valence-corrected chi connectivity index (χ4v) is 3.73. The first kappa shape index (κ1) is 14.9. The molecule has 0 aromatic heterocycles. The van der Waals surface area contributed by atoms with Gasteiger partial charge in [0.25, 0.3) is 0 Å². The van der Waals surface area contributed by atoms with E-state index in [0.29, 0.717) is 6.04 Å². The summed E-state index contributed by atoms with van der Waals surface area (Å²) in [5, 5.41) is 4.45. The SMILES string of the molecule is CCC1CCC(C(NC)c2cccc(C)c2Cl)CC1. The van der Waals surface area contributed by atoms with Crippen LogP contribution in [0, 0.1) is 18.8 Å². The second-order valence-electron chi connectivity index (χ2n) is 5.93. The highest BCUT2D eigenvalue weighted by Crippen LogP contribution is 2.40. The van der Waals surface area contributed by atoms with E-state index in [-0.39, 0.29) is 0 Å². The summed E-state index contributed by atoms with van der Waals surface area (Å²) in [6, 6.07) is 6.80. The van der Waals surface area contributed by atoms with Gasteiger partial charge < -0.3 is 5.32 Å². The molecule has 1 fully saturated rings. The zero-order valence-corrected chi connectivity index (χ0v) is 13.1. The Bertz CT molecular complexity index is 408. The van der Waals surface area contributed by atoms with Gasteiger partial charge in [-0.1, -0.05) is 56.0 Å². The highest BCUT2D eigenvalue weighted by Gasteiger charge is 2.28. The molecule has 19 heavy (non-hydrogen) atoms. The maximum absolute atomic E-state index is 6.50. The summed E-state index contributed by atoms with van der Waals surface area (Å²) in [7, 11) is 2.06. The van der Waals surface area contributed by atoms with Crippen molar-refractivity contribution >= 4 is 11.6 Å². The number of aryl methyl sites for hydroxylation is 1. The lowest BCUT2D eigenvalue weighted by atomic mass is 9.76. The zero-order chi connectivity index (χ0) is 13.8. The van der Waals surface area contributed by atoms with Crippen LogP contribution >= 0.6 is 11.6 Å². The molecule has 0 spiro atoms. The van der Waals surface area contributed by atoms with Crippen LogP contribution in [0.4, 0.5) is 0 Å². The predicted octanol–water partition coefficient (Wildman–Crippen LogP) is 5.13. The molecule has 0 aliphatic heterocycles. The van der Waals surface area contributed by atoms with E-state index in [9.17, 15) is 0 Å². The highest BCUT2D eigenvalue weighted by atomic mass is 35.5. The molecule has 1 nitrogen and oxygen atoms in total. The van der Waals surface area contributed by atoms with Crippen molar-refractivity contribution in [2.24, 2.45) is 11.8 Å². The first-order chi connectivity index (χ1) is 9.17. The van der Waals surface area contributed by atoms with E-state index in [4.69, 9.17) is 11.6 Å². The average molecular weight is 280 g/mol. The van der Waals surface area contributed by atoms with Crippen molar-refractivity contribution in [3.63, 3.8) is 0 Å². The van der Waals surface area contributed by atoms with E-state index in [2.05, 4.69) is 44.4 Å². The van der Waals surface area contributed by atoms with Gasteiger partial charge in [-0.2, -0.15) is 0 Å². The van der Waals surface area contributed by atoms with E-state index in [1.165, 1.54) is 43.2 Å². The topological polar surface area (TPSA) is 12.0 Å². The third kappa shape index (κ3) is 3.32. The molecule has 1 N–H and O–H groups in total. The van der Waals surface area contributed by atoms with Crippen LogP contribution in [0.25, 0.3) is 0 Å². The highest BCUT2D eigenvalue weighted by molar-refractivity contribution is 6.32. The average Bonchev–Trinajstić information content (AvgIpc) is 2.45. The standard InChI is InChI=1S/C17H26ClN/c1-4-13-8-10-14(11-9-13)17(19-3)15-7-5-6-12(2)16(15)18/h5-7,13-14,17,19H,4,8-11H2,1-3H3. The smallest absolute Gasteiger partial charge is 0.0483 e. The molecule has 0 bridgehead atoms. The van der Waals surface area contributed by atoms with Gasteiger partial charge in [0.05, 0.1) is 0 Å². The van der Waals surface area contributed by atoms with Gasteiger partial charge in [-0.25, -0.2) is 0 Å². The monoisotopic (exact) mass is 279 g/mol. The van der Waals surface area contributed by atoms with Crippen LogP contribution in [-0.4, -0.2) is 7.05 Å². The second kappa shape index (κ2) is 6.76. The van der Waals surface area contributed by atoms with Crippen LogP contribution in [0.2, 0.25) is 5.02 Å². The predicted molar refractivity (Wildman–Crippen MR) is 83.7 cm³/mol. The molecule has 106 valence electrons. The Kier molecular flexibility index (Phi) is 5.29. The maximum atomic E-state index is 6.50. The van der Waals surface area contributed by atoms with E-state index >= 15 is 0 Å². The van der Waals surface area contributed by atoms with Gasteiger partial charge >= 0.3 is 0 Å². The molecule has 2 heteroatoms. The minimum atomic E-state index is 0.408. The molecular weight excluding hydrogens is 254 g/mol. The van der Waals surface area contributed by atoms with Gasteiger partial charge in [-0.3, -0.25) is 0 Å². The van der Waals surface area contributed by atoms with Crippen molar-refractivity contribution < 1.29 is 0 Å². The van der Waals surface area contributed by atoms with E-state index < -0.39 is 0 Å². The van der Waals surface area contributed by atoms with Gasteiger partial charge in [0, 0.05) is 11.1 Å². The summed E-state index contributed by atoms with van der Waals surface area (Å²) in [5.41, 5.74) is 2.46. The van der Waals surface area contributed by atoms with E-state index in [1.54, 1.807) is 0 Å². The van der Waals surface area contributed by atoms with Crippen molar-refractivity contribution in [3.05, 3.63) is 34.3 Å². The molecule has 0 radical (unpaired) electrons. The van der Waals surface area contributed by atoms with Gasteiger partial charge in [0.1, 0.15) is 0 Å².